The molecule has 28 heavy (non-hydrogen) atoms. The highest BCUT2D eigenvalue weighted by Gasteiger charge is 1.98. The highest BCUT2D eigenvalue weighted by Crippen LogP contribution is 2.20. The second kappa shape index (κ2) is 10.9. The van der Waals surface area contributed by atoms with E-state index in [1.807, 2.05) is 48.5 Å². The van der Waals surface area contributed by atoms with Crippen molar-refractivity contribution in [3.8, 4) is 34.8 Å². The summed E-state index contributed by atoms with van der Waals surface area (Å²) >= 11 is 0. The molecule has 0 spiro atoms. The molecule has 4 heteroatoms. The molecule has 138 valence electrons. The SMILES string of the molecule is C=CC(=O)OCC#Cc1ccc(-c2ccc(C#CCOC(=O)C=C)cc2)cc1. The lowest BCUT2D eigenvalue weighted by Crippen LogP contribution is -1.99. The zero-order valence-electron chi connectivity index (χ0n) is 15.2. The fourth-order valence-corrected chi connectivity index (χ4v) is 2.10. The average Bonchev–Trinajstić information content (AvgIpc) is 2.74. The Morgan fingerprint density at radius 3 is 1.39 bits per heavy atom. The summed E-state index contributed by atoms with van der Waals surface area (Å²) in [5, 5.41) is 0. The van der Waals surface area contributed by atoms with Crippen molar-refractivity contribution < 1.29 is 19.1 Å². The van der Waals surface area contributed by atoms with Gasteiger partial charge in [-0.3, -0.25) is 0 Å². The van der Waals surface area contributed by atoms with Crippen molar-refractivity contribution in [2.24, 2.45) is 0 Å². The van der Waals surface area contributed by atoms with Crippen LogP contribution in [0.3, 0.4) is 0 Å². The molecular formula is C24H18O4. The first-order valence-corrected chi connectivity index (χ1v) is 8.39. The van der Waals surface area contributed by atoms with Gasteiger partial charge in [0.05, 0.1) is 0 Å². The Kier molecular flexibility index (Phi) is 7.87. The van der Waals surface area contributed by atoms with Gasteiger partial charge in [-0.05, 0) is 35.4 Å². The molecule has 0 bridgehead atoms. The summed E-state index contributed by atoms with van der Waals surface area (Å²) in [5.74, 6) is 10.4. The van der Waals surface area contributed by atoms with Crippen molar-refractivity contribution in [3.63, 3.8) is 0 Å². The molecule has 0 radical (unpaired) electrons. The normalized spacial score (nSPS) is 9.00. The van der Waals surface area contributed by atoms with Crippen LogP contribution in [0.1, 0.15) is 11.1 Å². The average molecular weight is 370 g/mol. The van der Waals surface area contributed by atoms with Crippen LogP contribution in [0.2, 0.25) is 0 Å². The molecular weight excluding hydrogens is 352 g/mol. The monoisotopic (exact) mass is 370 g/mol. The van der Waals surface area contributed by atoms with E-state index in [1.165, 1.54) is 0 Å². The minimum Gasteiger partial charge on any atom is -0.449 e. The third-order valence-corrected chi connectivity index (χ3v) is 3.48. The van der Waals surface area contributed by atoms with Crippen molar-refractivity contribution in [1.82, 2.24) is 0 Å². The lowest BCUT2D eigenvalue weighted by Gasteiger charge is -2.02. The van der Waals surface area contributed by atoms with Crippen LogP contribution in [0.4, 0.5) is 0 Å². The Labute approximate surface area is 164 Å². The zero-order chi connectivity index (χ0) is 20.2. The van der Waals surface area contributed by atoms with E-state index in [9.17, 15) is 9.59 Å². The quantitative estimate of drug-likeness (QED) is 0.459. The van der Waals surface area contributed by atoms with Crippen molar-refractivity contribution in [3.05, 3.63) is 85.0 Å². The minimum atomic E-state index is -0.490. The Bertz CT molecular complexity index is 892. The van der Waals surface area contributed by atoms with Gasteiger partial charge in [0, 0.05) is 23.3 Å². The number of carbonyl (C=O) groups is 2. The molecule has 0 amide bonds. The third kappa shape index (κ3) is 6.71. The number of ether oxygens (including phenoxy) is 2. The lowest BCUT2D eigenvalue weighted by molar-refractivity contribution is -0.137. The standard InChI is InChI=1S/C24H18O4/c1-3-23(25)27-17-5-7-19-9-13-21(14-10-19)22-15-11-20(12-16-22)8-6-18-28-24(26)4-2/h3-4,9-16H,1-2,17-18H2. The van der Waals surface area contributed by atoms with E-state index in [0.717, 1.165) is 34.4 Å². The molecule has 0 aliphatic rings. The van der Waals surface area contributed by atoms with E-state index in [2.05, 4.69) is 36.8 Å². The molecule has 0 unspecified atom stereocenters. The van der Waals surface area contributed by atoms with Gasteiger partial charge in [0.1, 0.15) is 0 Å². The highest BCUT2D eigenvalue weighted by atomic mass is 16.5. The first-order valence-electron chi connectivity index (χ1n) is 8.39. The number of hydrogen-bond donors (Lipinski definition) is 0. The minimum absolute atomic E-state index is 0.0297. The van der Waals surface area contributed by atoms with E-state index in [1.54, 1.807) is 0 Å². The predicted molar refractivity (Wildman–Crippen MR) is 108 cm³/mol. The second-order valence-electron chi connectivity index (χ2n) is 5.38. The number of esters is 2. The van der Waals surface area contributed by atoms with E-state index in [-0.39, 0.29) is 13.2 Å². The Morgan fingerprint density at radius 1 is 0.714 bits per heavy atom. The molecule has 0 aliphatic heterocycles. The highest BCUT2D eigenvalue weighted by molar-refractivity contribution is 5.81. The second-order valence-corrected chi connectivity index (χ2v) is 5.38. The molecule has 0 saturated heterocycles. The van der Waals surface area contributed by atoms with E-state index < -0.39 is 11.9 Å². The smallest absolute Gasteiger partial charge is 0.331 e. The Hall–Kier alpha value is -4.02. The summed E-state index contributed by atoms with van der Waals surface area (Å²) in [6, 6.07) is 15.5. The summed E-state index contributed by atoms with van der Waals surface area (Å²) in [5.41, 5.74) is 3.75. The van der Waals surface area contributed by atoms with Crippen LogP contribution < -0.4 is 0 Å². The maximum atomic E-state index is 10.9. The van der Waals surface area contributed by atoms with Crippen molar-refractivity contribution >= 4 is 11.9 Å². The fraction of sp³-hybridized carbons (Fsp3) is 0.0833. The molecule has 0 saturated carbocycles. The maximum Gasteiger partial charge on any atom is 0.331 e. The molecule has 0 heterocycles. The molecule has 0 N–H and O–H groups in total. The molecule has 2 rings (SSSR count). The van der Waals surface area contributed by atoms with Gasteiger partial charge in [-0.1, -0.05) is 61.1 Å². The summed E-state index contributed by atoms with van der Waals surface area (Å²) in [7, 11) is 0. The van der Waals surface area contributed by atoms with Crippen LogP contribution >= 0.6 is 0 Å². The zero-order valence-corrected chi connectivity index (χ0v) is 15.2. The number of benzene rings is 2. The van der Waals surface area contributed by atoms with Crippen molar-refractivity contribution in [2.75, 3.05) is 13.2 Å². The van der Waals surface area contributed by atoms with Gasteiger partial charge in [0.25, 0.3) is 0 Å². The maximum absolute atomic E-state index is 10.9. The Balaban J connectivity index is 1.95. The topological polar surface area (TPSA) is 52.6 Å². The number of rotatable bonds is 5. The van der Waals surface area contributed by atoms with Gasteiger partial charge in [-0.2, -0.15) is 0 Å². The van der Waals surface area contributed by atoms with Crippen LogP contribution in [-0.4, -0.2) is 25.2 Å². The summed E-state index contributed by atoms with van der Waals surface area (Å²) < 4.78 is 9.60. The van der Waals surface area contributed by atoms with Gasteiger partial charge < -0.3 is 9.47 Å². The van der Waals surface area contributed by atoms with Crippen LogP contribution in [0, 0.1) is 23.7 Å². The molecule has 0 fully saturated rings. The van der Waals surface area contributed by atoms with Gasteiger partial charge in [-0.15, -0.1) is 0 Å². The van der Waals surface area contributed by atoms with Crippen LogP contribution in [-0.2, 0) is 19.1 Å². The first kappa shape index (κ1) is 20.3. The van der Waals surface area contributed by atoms with Crippen LogP contribution in [0.15, 0.2) is 73.8 Å². The summed E-state index contributed by atoms with van der Waals surface area (Å²) in [4.78, 5) is 21.8. The third-order valence-electron chi connectivity index (χ3n) is 3.48. The van der Waals surface area contributed by atoms with Gasteiger partial charge >= 0.3 is 11.9 Å². The first-order chi connectivity index (χ1) is 13.6. The predicted octanol–water partition coefficient (Wildman–Crippen LogP) is 3.52. The number of carbonyl (C=O) groups excluding carboxylic acids is 2. The van der Waals surface area contributed by atoms with E-state index in [4.69, 9.17) is 9.47 Å². The van der Waals surface area contributed by atoms with Gasteiger partial charge in [0.15, 0.2) is 13.2 Å². The largest absolute Gasteiger partial charge is 0.449 e. The fourth-order valence-electron chi connectivity index (χ4n) is 2.10. The number of hydrogen-bond acceptors (Lipinski definition) is 4. The lowest BCUT2D eigenvalue weighted by atomic mass is 10.0. The van der Waals surface area contributed by atoms with Gasteiger partial charge in [0.2, 0.25) is 0 Å². The van der Waals surface area contributed by atoms with E-state index in [0.29, 0.717) is 0 Å². The molecule has 2 aromatic rings. The van der Waals surface area contributed by atoms with Gasteiger partial charge in [-0.25, -0.2) is 9.59 Å². The molecule has 0 atom stereocenters. The van der Waals surface area contributed by atoms with Crippen molar-refractivity contribution in [2.45, 2.75) is 0 Å². The van der Waals surface area contributed by atoms with Crippen LogP contribution in [0.25, 0.3) is 11.1 Å². The molecule has 0 aromatic heterocycles. The molecule has 4 nitrogen and oxygen atoms in total. The molecule has 2 aromatic carbocycles. The summed E-state index contributed by atoms with van der Waals surface area (Å²) in [6.45, 7) is 6.70. The van der Waals surface area contributed by atoms with E-state index >= 15 is 0 Å². The Morgan fingerprint density at radius 2 is 1.07 bits per heavy atom. The summed E-state index contributed by atoms with van der Waals surface area (Å²) in [6.07, 6.45) is 2.20. The molecule has 0 aliphatic carbocycles. The van der Waals surface area contributed by atoms with Crippen molar-refractivity contribution in [1.29, 1.82) is 0 Å². The van der Waals surface area contributed by atoms with Crippen LogP contribution in [0.5, 0.6) is 0 Å².